The number of rotatable bonds is 3. The molecule has 158 valence electrons. The van der Waals surface area contributed by atoms with Crippen LogP contribution in [0.4, 0.5) is 0 Å². The van der Waals surface area contributed by atoms with Crippen molar-refractivity contribution in [1.29, 1.82) is 0 Å². The SMILES string of the molecule is Cc1cc(C=Nn2c(C(C)(C)C)nc3ccc(Br)cc3c2=O)c(C)n1-c1ccccc1. The summed E-state index contributed by atoms with van der Waals surface area (Å²) < 4.78 is 4.46. The third-order valence-corrected chi connectivity index (χ3v) is 5.77. The normalized spacial score (nSPS) is 12.2. The predicted octanol–water partition coefficient (Wildman–Crippen LogP) is 5.75. The topological polar surface area (TPSA) is 52.2 Å². The first-order valence-corrected chi connectivity index (χ1v) is 11.0. The highest BCUT2D eigenvalue weighted by Crippen LogP contribution is 2.24. The highest BCUT2D eigenvalue weighted by molar-refractivity contribution is 9.10. The molecule has 0 spiro atoms. The Morgan fingerprint density at radius 1 is 1.03 bits per heavy atom. The predicted molar refractivity (Wildman–Crippen MR) is 131 cm³/mol. The van der Waals surface area contributed by atoms with Gasteiger partial charge < -0.3 is 4.57 Å². The van der Waals surface area contributed by atoms with Crippen molar-refractivity contribution >= 4 is 33.0 Å². The van der Waals surface area contributed by atoms with Crippen molar-refractivity contribution in [3.8, 4) is 5.69 Å². The zero-order valence-electron chi connectivity index (χ0n) is 18.3. The molecule has 0 aliphatic rings. The molecule has 0 unspecified atom stereocenters. The van der Waals surface area contributed by atoms with Crippen molar-refractivity contribution in [2.24, 2.45) is 5.10 Å². The lowest BCUT2D eigenvalue weighted by Crippen LogP contribution is -2.29. The van der Waals surface area contributed by atoms with E-state index < -0.39 is 0 Å². The van der Waals surface area contributed by atoms with Crippen LogP contribution >= 0.6 is 15.9 Å². The molecule has 0 radical (unpaired) electrons. The molecule has 2 aromatic carbocycles. The first-order valence-electron chi connectivity index (χ1n) is 10.2. The van der Waals surface area contributed by atoms with Crippen molar-refractivity contribution in [3.63, 3.8) is 0 Å². The number of hydrogen-bond acceptors (Lipinski definition) is 3. The summed E-state index contributed by atoms with van der Waals surface area (Å²) in [5.74, 6) is 0.625. The van der Waals surface area contributed by atoms with Gasteiger partial charge in [0.2, 0.25) is 0 Å². The molecule has 6 heteroatoms. The smallest absolute Gasteiger partial charge is 0.282 e. The first kappa shape index (κ1) is 21.2. The Morgan fingerprint density at radius 2 is 1.74 bits per heavy atom. The maximum Gasteiger partial charge on any atom is 0.282 e. The van der Waals surface area contributed by atoms with E-state index in [9.17, 15) is 4.79 Å². The highest BCUT2D eigenvalue weighted by Gasteiger charge is 2.23. The van der Waals surface area contributed by atoms with Crippen LogP contribution < -0.4 is 5.56 Å². The molecule has 5 nitrogen and oxygen atoms in total. The number of nitrogens with zero attached hydrogens (tertiary/aromatic N) is 4. The quantitative estimate of drug-likeness (QED) is 0.353. The molecule has 0 aliphatic carbocycles. The van der Waals surface area contributed by atoms with Crippen LogP contribution in [-0.2, 0) is 5.41 Å². The van der Waals surface area contributed by atoms with Crippen molar-refractivity contribution < 1.29 is 0 Å². The Hall–Kier alpha value is -2.99. The van der Waals surface area contributed by atoms with Gasteiger partial charge in [0.25, 0.3) is 5.56 Å². The minimum Gasteiger partial charge on any atom is -0.318 e. The number of aryl methyl sites for hydroxylation is 1. The molecule has 0 saturated carbocycles. The van der Waals surface area contributed by atoms with Gasteiger partial charge in [-0.25, -0.2) is 4.98 Å². The lowest BCUT2D eigenvalue weighted by atomic mass is 9.95. The van der Waals surface area contributed by atoms with Gasteiger partial charge in [0.05, 0.1) is 17.1 Å². The highest BCUT2D eigenvalue weighted by atomic mass is 79.9. The van der Waals surface area contributed by atoms with Crippen LogP contribution in [0.5, 0.6) is 0 Å². The summed E-state index contributed by atoms with van der Waals surface area (Å²) in [5, 5.41) is 5.16. The summed E-state index contributed by atoms with van der Waals surface area (Å²) >= 11 is 3.45. The van der Waals surface area contributed by atoms with Gasteiger partial charge in [-0.2, -0.15) is 9.78 Å². The molecule has 4 rings (SSSR count). The lowest BCUT2D eigenvalue weighted by molar-refractivity contribution is 0.506. The minimum atomic E-state index is -0.349. The first-order chi connectivity index (χ1) is 14.7. The van der Waals surface area contributed by atoms with Gasteiger partial charge in [-0.05, 0) is 50.2 Å². The average molecular weight is 477 g/mol. The Bertz CT molecular complexity index is 1360. The number of fused-ring (bicyclic) bond motifs is 1. The van der Waals surface area contributed by atoms with E-state index in [-0.39, 0.29) is 11.0 Å². The molecule has 0 N–H and O–H groups in total. The van der Waals surface area contributed by atoms with Crippen molar-refractivity contribution in [2.75, 3.05) is 0 Å². The maximum absolute atomic E-state index is 13.3. The fourth-order valence-corrected chi connectivity index (χ4v) is 4.12. The van der Waals surface area contributed by atoms with Gasteiger partial charge in [0, 0.05) is 32.5 Å². The minimum absolute atomic E-state index is 0.177. The van der Waals surface area contributed by atoms with E-state index in [0.717, 1.165) is 27.1 Å². The van der Waals surface area contributed by atoms with Crippen LogP contribution in [0.15, 0.2) is 69.0 Å². The summed E-state index contributed by atoms with van der Waals surface area (Å²) in [4.78, 5) is 18.1. The standard InChI is InChI=1S/C25H25BrN4O/c1-16-13-18(17(2)29(16)20-9-7-6-8-10-20)15-27-30-23(31)21-14-19(26)11-12-22(21)28-24(30)25(3,4)5/h6-15H,1-5H3. The van der Waals surface area contributed by atoms with Crippen LogP contribution in [0.25, 0.3) is 16.6 Å². The summed E-state index contributed by atoms with van der Waals surface area (Å²) in [6.07, 6.45) is 1.75. The molecule has 0 bridgehead atoms. The third-order valence-electron chi connectivity index (χ3n) is 5.28. The van der Waals surface area contributed by atoms with E-state index in [4.69, 9.17) is 4.98 Å². The number of para-hydroxylation sites is 1. The van der Waals surface area contributed by atoms with Gasteiger partial charge in [-0.3, -0.25) is 4.79 Å². The van der Waals surface area contributed by atoms with Gasteiger partial charge in [-0.15, -0.1) is 0 Å². The maximum atomic E-state index is 13.3. The molecule has 0 aliphatic heterocycles. The van der Waals surface area contributed by atoms with E-state index in [2.05, 4.69) is 57.6 Å². The number of halogens is 1. The van der Waals surface area contributed by atoms with Crippen molar-refractivity contribution in [2.45, 2.75) is 40.0 Å². The second-order valence-electron chi connectivity index (χ2n) is 8.71. The van der Waals surface area contributed by atoms with Gasteiger partial charge >= 0.3 is 0 Å². The zero-order valence-corrected chi connectivity index (χ0v) is 19.9. The van der Waals surface area contributed by atoms with Crippen LogP contribution in [0.2, 0.25) is 0 Å². The second-order valence-corrected chi connectivity index (χ2v) is 9.62. The summed E-state index contributed by atoms with van der Waals surface area (Å²) in [6, 6.07) is 17.8. The Morgan fingerprint density at radius 3 is 2.42 bits per heavy atom. The van der Waals surface area contributed by atoms with Crippen LogP contribution in [0, 0.1) is 13.8 Å². The lowest BCUT2D eigenvalue weighted by Gasteiger charge is -2.20. The van der Waals surface area contributed by atoms with Crippen molar-refractivity contribution in [3.05, 3.63) is 92.2 Å². The monoisotopic (exact) mass is 476 g/mol. The zero-order chi connectivity index (χ0) is 22.3. The van der Waals surface area contributed by atoms with E-state index in [1.54, 1.807) is 12.3 Å². The second kappa shape index (κ2) is 7.93. The molecule has 31 heavy (non-hydrogen) atoms. The summed E-state index contributed by atoms with van der Waals surface area (Å²) in [7, 11) is 0. The Kier molecular flexibility index (Phi) is 5.43. The van der Waals surface area contributed by atoms with Gasteiger partial charge in [0.15, 0.2) is 0 Å². The largest absolute Gasteiger partial charge is 0.318 e. The molecular formula is C25H25BrN4O. The van der Waals surface area contributed by atoms with Crippen LogP contribution in [0.3, 0.4) is 0 Å². The van der Waals surface area contributed by atoms with Gasteiger partial charge in [-0.1, -0.05) is 54.9 Å². The van der Waals surface area contributed by atoms with E-state index in [1.807, 2.05) is 51.1 Å². The third kappa shape index (κ3) is 4.00. The molecule has 0 atom stereocenters. The van der Waals surface area contributed by atoms with E-state index >= 15 is 0 Å². The number of benzene rings is 2. The van der Waals surface area contributed by atoms with E-state index in [0.29, 0.717) is 16.7 Å². The van der Waals surface area contributed by atoms with Crippen LogP contribution in [-0.4, -0.2) is 20.4 Å². The molecular weight excluding hydrogens is 452 g/mol. The Balaban J connectivity index is 1.87. The van der Waals surface area contributed by atoms with Crippen LogP contribution in [0.1, 0.15) is 43.5 Å². The fourth-order valence-electron chi connectivity index (χ4n) is 3.75. The molecule has 4 aromatic rings. The number of aromatic nitrogens is 3. The molecule has 0 saturated heterocycles. The molecule has 0 amide bonds. The van der Waals surface area contributed by atoms with Gasteiger partial charge in [0.1, 0.15) is 5.82 Å². The Labute approximate surface area is 190 Å². The number of hydrogen-bond donors (Lipinski definition) is 0. The molecule has 0 fully saturated rings. The molecule has 2 heterocycles. The fraction of sp³-hybridized carbons (Fsp3) is 0.240. The average Bonchev–Trinajstić information content (AvgIpc) is 3.00. The van der Waals surface area contributed by atoms with Crippen molar-refractivity contribution in [1.82, 2.24) is 14.2 Å². The van der Waals surface area contributed by atoms with E-state index in [1.165, 1.54) is 4.68 Å². The summed E-state index contributed by atoms with van der Waals surface area (Å²) in [6.45, 7) is 10.2. The summed E-state index contributed by atoms with van der Waals surface area (Å²) in [5.41, 5.74) is 4.38. The molecule has 2 aromatic heterocycles.